The van der Waals surface area contributed by atoms with Crippen molar-refractivity contribution in [2.24, 2.45) is 0 Å². The topological polar surface area (TPSA) is 61.9 Å². The van der Waals surface area contributed by atoms with Crippen molar-refractivity contribution in [3.8, 4) is 23.2 Å². The Labute approximate surface area is 295 Å². The highest BCUT2D eigenvalue weighted by Gasteiger charge is 2.20. The van der Waals surface area contributed by atoms with E-state index in [2.05, 4.69) is 143 Å². The summed E-state index contributed by atoms with van der Waals surface area (Å²) in [5.41, 5.74) is 9.19. The molecule has 4 aromatic heterocycles. The summed E-state index contributed by atoms with van der Waals surface area (Å²) in [7, 11) is 0. The number of fused-ring (bicyclic) bond motifs is 12. The normalized spacial score (nSPS) is 12.2. The van der Waals surface area contributed by atoms with E-state index < -0.39 is 0 Å². The first-order chi connectivity index (χ1) is 25.8. The second kappa shape index (κ2) is 10.2. The lowest BCUT2D eigenvalue weighted by Gasteiger charge is -2.08. The van der Waals surface area contributed by atoms with Gasteiger partial charge >= 0.3 is 6.01 Å². The van der Waals surface area contributed by atoms with Gasteiger partial charge in [-0.15, -0.1) is 0 Å². The standard InChI is InChI=1S/C46H26N4O2/c1-3-11-31-27(9-1)18-23-39-43(31)33-13-5-7-15-37(33)49(39)30-20-22-35-42(26-30)51-45(47-35)29-17-21-36-41(25-29)52-46(48-36)50-38-16-8-6-14-34(38)44-32-12-4-2-10-28(32)19-24-40(44)50/h1-26H. The van der Waals surface area contributed by atoms with Crippen molar-refractivity contribution >= 4 is 87.4 Å². The molecule has 0 aliphatic carbocycles. The summed E-state index contributed by atoms with van der Waals surface area (Å²) >= 11 is 0. The van der Waals surface area contributed by atoms with Crippen molar-refractivity contribution < 1.29 is 8.83 Å². The van der Waals surface area contributed by atoms with Crippen LogP contribution in [0.1, 0.15) is 0 Å². The lowest BCUT2D eigenvalue weighted by molar-refractivity contribution is 0.574. The van der Waals surface area contributed by atoms with Gasteiger partial charge in [0.2, 0.25) is 5.89 Å². The van der Waals surface area contributed by atoms with E-state index in [1.807, 2.05) is 24.3 Å². The molecule has 0 saturated carbocycles. The molecule has 0 bridgehead atoms. The predicted molar refractivity (Wildman–Crippen MR) is 211 cm³/mol. The number of para-hydroxylation sites is 2. The van der Waals surface area contributed by atoms with Gasteiger partial charge < -0.3 is 13.4 Å². The molecule has 52 heavy (non-hydrogen) atoms. The van der Waals surface area contributed by atoms with E-state index in [0.717, 1.165) is 55.3 Å². The second-order valence-corrected chi connectivity index (χ2v) is 13.4. The van der Waals surface area contributed by atoms with Crippen LogP contribution in [0, 0.1) is 0 Å². The molecule has 242 valence electrons. The van der Waals surface area contributed by atoms with Gasteiger partial charge in [-0.05, 0) is 76.1 Å². The zero-order valence-electron chi connectivity index (χ0n) is 27.6. The largest absolute Gasteiger partial charge is 0.436 e. The predicted octanol–water partition coefficient (Wildman–Crippen LogP) is 12.1. The Balaban J connectivity index is 0.983. The third-order valence-electron chi connectivity index (χ3n) is 10.6. The summed E-state index contributed by atoms with van der Waals surface area (Å²) < 4.78 is 17.5. The summed E-state index contributed by atoms with van der Waals surface area (Å²) in [4.78, 5) is 9.87. The number of hydrogen-bond donors (Lipinski definition) is 0. The molecule has 12 aromatic rings. The quantitative estimate of drug-likeness (QED) is 0.188. The van der Waals surface area contributed by atoms with Crippen LogP contribution >= 0.6 is 0 Å². The van der Waals surface area contributed by atoms with Gasteiger partial charge in [-0.25, -0.2) is 4.98 Å². The molecule has 6 heteroatoms. The highest BCUT2D eigenvalue weighted by molar-refractivity contribution is 6.22. The Bertz CT molecular complexity index is 3280. The first-order valence-corrected chi connectivity index (χ1v) is 17.4. The molecule has 12 rings (SSSR count). The number of hydrogen-bond acceptors (Lipinski definition) is 4. The summed E-state index contributed by atoms with van der Waals surface area (Å²) in [5.74, 6) is 0.531. The zero-order valence-corrected chi connectivity index (χ0v) is 27.6. The minimum atomic E-state index is 0.523. The third-order valence-corrected chi connectivity index (χ3v) is 10.6. The van der Waals surface area contributed by atoms with Crippen molar-refractivity contribution in [2.75, 3.05) is 0 Å². The first-order valence-electron chi connectivity index (χ1n) is 17.4. The minimum absolute atomic E-state index is 0.523. The molecule has 0 aliphatic heterocycles. The molecule has 6 nitrogen and oxygen atoms in total. The molecule has 0 spiro atoms. The fourth-order valence-electron chi connectivity index (χ4n) is 8.28. The summed E-state index contributed by atoms with van der Waals surface area (Å²) in [6.07, 6.45) is 0. The van der Waals surface area contributed by atoms with Gasteiger partial charge in [-0.1, -0.05) is 97.1 Å². The molecule has 0 fully saturated rings. The molecule has 0 aliphatic rings. The summed E-state index contributed by atoms with van der Waals surface area (Å²) in [5, 5.41) is 9.72. The molecular formula is C46H26N4O2. The molecule has 0 atom stereocenters. The maximum absolute atomic E-state index is 6.54. The van der Waals surface area contributed by atoms with Gasteiger partial charge in [-0.3, -0.25) is 4.57 Å². The fraction of sp³-hybridized carbons (Fsp3) is 0. The SMILES string of the molecule is c1ccc2c(c1)ccc1c2c2ccccc2n1-c1ccc2nc(-c3ccc4nc(-n5c6ccccc6c6c7ccccc7ccc65)oc4c3)oc2c1. The van der Waals surface area contributed by atoms with Crippen molar-refractivity contribution in [2.45, 2.75) is 0 Å². The van der Waals surface area contributed by atoms with E-state index in [4.69, 9.17) is 18.8 Å². The summed E-state index contributed by atoms with van der Waals surface area (Å²) in [6, 6.07) is 55.6. The highest BCUT2D eigenvalue weighted by Crippen LogP contribution is 2.39. The van der Waals surface area contributed by atoms with Gasteiger partial charge in [0.25, 0.3) is 0 Å². The molecule has 4 heterocycles. The number of rotatable bonds is 3. The molecule has 0 N–H and O–H groups in total. The van der Waals surface area contributed by atoms with Gasteiger partial charge in [0.15, 0.2) is 11.2 Å². The Morgan fingerprint density at radius 2 is 0.962 bits per heavy atom. The van der Waals surface area contributed by atoms with Crippen LogP contribution in [0.5, 0.6) is 0 Å². The van der Waals surface area contributed by atoms with Crippen LogP contribution in [-0.4, -0.2) is 19.1 Å². The van der Waals surface area contributed by atoms with Crippen LogP contribution < -0.4 is 0 Å². The maximum Gasteiger partial charge on any atom is 0.307 e. The number of benzene rings is 8. The van der Waals surface area contributed by atoms with Crippen molar-refractivity contribution in [3.63, 3.8) is 0 Å². The van der Waals surface area contributed by atoms with Crippen LogP contribution in [0.3, 0.4) is 0 Å². The number of aromatic nitrogens is 4. The smallest absolute Gasteiger partial charge is 0.307 e. The van der Waals surface area contributed by atoms with E-state index in [0.29, 0.717) is 17.5 Å². The second-order valence-electron chi connectivity index (χ2n) is 13.4. The van der Waals surface area contributed by atoms with Gasteiger partial charge in [0.1, 0.15) is 11.0 Å². The van der Waals surface area contributed by atoms with Gasteiger partial charge in [0.05, 0.1) is 27.8 Å². The average molecular weight is 667 g/mol. The summed E-state index contributed by atoms with van der Waals surface area (Å²) in [6.45, 7) is 0. The Kier molecular flexibility index (Phi) is 5.41. The fourth-order valence-corrected chi connectivity index (χ4v) is 8.28. The zero-order chi connectivity index (χ0) is 33.9. The van der Waals surface area contributed by atoms with E-state index >= 15 is 0 Å². The molecular weight excluding hydrogens is 641 g/mol. The average Bonchev–Trinajstić information content (AvgIpc) is 3.97. The lowest BCUT2D eigenvalue weighted by Crippen LogP contribution is -1.93. The van der Waals surface area contributed by atoms with Gasteiger partial charge in [0, 0.05) is 33.2 Å². The van der Waals surface area contributed by atoms with Crippen LogP contribution in [0.25, 0.3) is 111 Å². The molecule has 0 radical (unpaired) electrons. The van der Waals surface area contributed by atoms with Crippen molar-refractivity contribution in [3.05, 3.63) is 158 Å². The molecule has 0 unspecified atom stereocenters. The Hall–Kier alpha value is -7.18. The van der Waals surface area contributed by atoms with Crippen LogP contribution in [0.4, 0.5) is 0 Å². The van der Waals surface area contributed by atoms with Crippen LogP contribution in [0.2, 0.25) is 0 Å². The maximum atomic E-state index is 6.54. The third kappa shape index (κ3) is 3.78. The van der Waals surface area contributed by atoms with E-state index in [1.54, 1.807) is 0 Å². The monoisotopic (exact) mass is 666 g/mol. The first kappa shape index (κ1) is 27.6. The van der Waals surface area contributed by atoms with Crippen LogP contribution in [0.15, 0.2) is 167 Å². The molecule has 0 amide bonds. The van der Waals surface area contributed by atoms with E-state index in [1.165, 1.54) is 37.7 Å². The molecule has 0 saturated heterocycles. The van der Waals surface area contributed by atoms with Gasteiger partial charge in [-0.2, -0.15) is 4.98 Å². The number of nitrogens with zero attached hydrogens (tertiary/aromatic N) is 4. The van der Waals surface area contributed by atoms with Crippen molar-refractivity contribution in [1.29, 1.82) is 0 Å². The molecule has 8 aromatic carbocycles. The Morgan fingerprint density at radius 1 is 0.404 bits per heavy atom. The minimum Gasteiger partial charge on any atom is -0.436 e. The lowest BCUT2D eigenvalue weighted by atomic mass is 10.0. The Morgan fingerprint density at radius 3 is 1.67 bits per heavy atom. The highest BCUT2D eigenvalue weighted by atomic mass is 16.4. The van der Waals surface area contributed by atoms with E-state index in [9.17, 15) is 0 Å². The van der Waals surface area contributed by atoms with Crippen LogP contribution in [-0.2, 0) is 0 Å². The van der Waals surface area contributed by atoms with Crippen molar-refractivity contribution in [1.82, 2.24) is 19.1 Å². The number of oxazole rings is 2. The van der Waals surface area contributed by atoms with E-state index in [-0.39, 0.29) is 0 Å².